The molecule has 1 aromatic carbocycles. The van der Waals surface area contributed by atoms with E-state index in [1.54, 1.807) is 0 Å². The van der Waals surface area contributed by atoms with Gasteiger partial charge in [-0.25, -0.2) is 4.39 Å². The minimum absolute atomic E-state index is 0.259. The first-order chi connectivity index (χ1) is 6.13. The van der Waals surface area contributed by atoms with Gasteiger partial charge in [-0.05, 0) is 61.1 Å². The van der Waals surface area contributed by atoms with Crippen LogP contribution < -0.4 is 0 Å². The number of nitrogens with zero attached hydrogens (tertiary/aromatic N) is 2. The second-order valence-electron chi connectivity index (χ2n) is 2.22. The molecule has 2 aromatic rings. The Morgan fingerprint density at radius 2 is 1.69 bits per heavy atom. The Kier molecular flexibility index (Phi) is 3.06. The number of halogens is 4. The summed E-state index contributed by atoms with van der Waals surface area (Å²) in [5.41, 5.74) is 1.42. The largest absolute Gasteiger partial charge is 0.204 e. The van der Waals surface area contributed by atoms with E-state index in [9.17, 15) is 4.39 Å². The molecule has 0 saturated heterocycles. The normalized spacial score (nSPS) is 11.1. The molecule has 0 aliphatic rings. The molecule has 0 atom stereocenters. The minimum atomic E-state index is -0.259. The number of benzene rings is 1. The van der Waals surface area contributed by atoms with Gasteiger partial charge in [0.1, 0.15) is 11.0 Å². The van der Waals surface area contributed by atoms with Crippen molar-refractivity contribution in [3.8, 4) is 0 Å². The fourth-order valence-corrected chi connectivity index (χ4v) is 3.78. The van der Waals surface area contributed by atoms with Crippen LogP contribution >= 0.6 is 72.8 Å². The Morgan fingerprint density at radius 1 is 1.15 bits per heavy atom. The molecule has 1 heterocycles. The second kappa shape index (κ2) is 3.81. The molecule has 0 fully saturated rings. The lowest BCUT2D eigenvalue weighted by atomic mass is 10.3. The maximum atomic E-state index is 13.5. The molecule has 0 radical (unpaired) electrons. The first kappa shape index (κ1) is 10.4. The minimum Gasteiger partial charge on any atom is -0.204 e. The van der Waals surface area contributed by atoms with Crippen LogP contribution in [0.1, 0.15) is 0 Å². The third kappa shape index (κ3) is 1.61. The molecule has 0 spiro atoms. The predicted octanol–water partition coefficient (Wildman–Crippen LogP) is 3.80. The number of hydrogen-bond acceptors (Lipinski definition) is 3. The summed E-state index contributed by atoms with van der Waals surface area (Å²) in [6, 6.07) is 0. The summed E-state index contributed by atoms with van der Waals surface area (Å²) in [7, 11) is 0. The van der Waals surface area contributed by atoms with E-state index in [1.807, 2.05) is 22.6 Å². The van der Waals surface area contributed by atoms with Gasteiger partial charge >= 0.3 is 0 Å². The molecule has 2 rings (SSSR count). The zero-order chi connectivity index (χ0) is 9.59. The molecule has 7 heteroatoms. The van der Waals surface area contributed by atoms with Crippen LogP contribution in [0.4, 0.5) is 4.39 Å². The lowest BCUT2D eigenvalue weighted by molar-refractivity contribution is 0.614. The van der Waals surface area contributed by atoms with Gasteiger partial charge in [0.2, 0.25) is 0 Å². The SMILES string of the molecule is Fc1c(Br)c(I)c2nsnc2c1I. The quantitative estimate of drug-likeness (QED) is 0.323. The molecule has 68 valence electrons. The van der Waals surface area contributed by atoms with Crippen molar-refractivity contribution in [3.05, 3.63) is 17.4 Å². The maximum Gasteiger partial charge on any atom is 0.154 e. The first-order valence-corrected chi connectivity index (χ1v) is 6.75. The van der Waals surface area contributed by atoms with E-state index >= 15 is 0 Å². The summed E-state index contributed by atoms with van der Waals surface area (Å²) >= 11 is 8.28. The van der Waals surface area contributed by atoms with Crippen LogP contribution in [0.15, 0.2) is 4.47 Å². The topological polar surface area (TPSA) is 25.8 Å². The van der Waals surface area contributed by atoms with Gasteiger partial charge < -0.3 is 0 Å². The number of aromatic nitrogens is 2. The molecule has 0 aliphatic carbocycles. The van der Waals surface area contributed by atoms with Crippen LogP contribution in [0.25, 0.3) is 11.0 Å². The summed E-state index contributed by atoms with van der Waals surface area (Å²) in [4.78, 5) is 0. The standard InChI is InChI=1S/C6BrFI2N2S/c7-1-2(8)4(10)6-5(3(1)9)11-13-12-6. The van der Waals surface area contributed by atoms with Crippen LogP contribution in [0.3, 0.4) is 0 Å². The van der Waals surface area contributed by atoms with Crippen LogP contribution in [0.2, 0.25) is 0 Å². The fourth-order valence-electron chi connectivity index (χ4n) is 0.877. The molecule has 13 heavy (non-hydrogen) atoms. The van der Waals surface area contributed by atoms with Crippen molar-refractivity contribution in [2.45, 2.75) is 0 Å². The predicted molar refractivity (Wildman–Crippen MR) is 70.5 cm³/mol. The van der Waals surface area contributed by atoms with Crippen LogP contribution in [0, 0.1) is 13.0 Å². The number of fused-ring (bicyclic) bond motifs is 1. The molecule has 1 aromatic heterocycles. The third-order valence-corrected chi connectivity index (χ3v) is 5.53. The molecule has 0 aliphatic heterocycles. The van der Waals surface area contributed by atoms with Gasteiger partial charge in [-0.3, -0.25) is 0 Å². The monoisotopic (exact) mass is 484 g/mol. The van der Waals surface area contributed by atoms with Gasteiger partial charge in [-0.1, -0.05) is 0 Å². The highest BCUT2D eigenvalue weighted by Gasteiger charge is 2.17. The molecule has 0 amide bonds. The van der Waals surface area contributed by atoms with Crippen molar-refractivity contribution in [1.29, 1.82) is 0 Å². The van der Waals surface area contributed by atoms with E-state index in [1.165, 1.54) is 0 Å². The van der Waals surface area contributed by atoms with Gasteiger partial charge in [0.15, 0.2) is 5.82 Å². The smallest absolute Gasteiger partial charge is 0.154 e. The maximum absolute atomic E-state index is 13.5. The highest BCUT2D eigenvalue weighted by Crippen LogP contribution is 2.33. The van der Waals surface area contributed by atoms with E-state index in [0.29, 0.717) is 13.6 Å². The molecular weight excluding hydrogens is 485 g/mol. The van der Waals surface area contributed by atoms with E-state index in [0.717, 1.165) is 20.8 Å². The molecule has 0 unspecified atom stereocenters. The summed E-state index contributed by atoms with van der Waals surface area (Å²) in [6.07, 6.45) is 0. The Hall–Kier alpha value is 0.910. The lowest BCUT2D eigenvalue weighted by Gasteiger charge is -2.01. The van der Waals surface area contributed by atoms with Crippen LogP contribution in [0.5, 0.6) is 0 Å². The third-order valence-electron chi connectivity index (χ3n) is 1.48. The van der Waals surface area contributed by atoms with Crippen molar-refractivity contribution >= 4 is 83.9 Å². The Labute approximate surface area is 113 Å². The summed E-state index contributed by atoms with van der Waals surface area (Å²) < 4.78 is 23.4. The zero-order valence-corrected chi connectivity index (χ0v) is 12.5. The molecule has 0 bridgehead atoms. The Morgan fingerprint density at radius 3 is 2.31 bits per heavy atom. The Bertz CT molecular complexity index is 445. The van der Waals surface area contributed by atoms with Crippen molar-refractivity contribution in [3.63, 3.8) is 0 Å². The zero-order valence-electron chi connectivity index (χ0n) is 5.81. The first-order valence-electron chi connectivity index (χ1n) is 3.07. The summed E-state index contributed by atoms with van der Waals surface area (Å²) in [6.45, 7) is 0. The highest BCUT2D eigenvalue weighted by molar-refractivity contribution is 14.1. The van der Waals surface area contributed by atoms with Gasteiger partial charge in [-0.15, -0.1) is 0 Å². The van der Waals surface area contributed by atoms with E-state index in [-0.39, 0.29) is 5.82 Å². The van der Waals surface area contributed by atoms with Crippen molar-refractivity contribution in [2.24, 2.45) is 0 Å². The van der Waals surface area contributed by atoms with Gasteiger partial charge in [0.05, 0.1) is 23.3 Å². The summed E-state index contributed by atoms with van der Waals surface area (Å²) in [5, 5.41) is 0. The van der Waals surface area contributed by atoms with Crippen LogP contribution in [-0.4, -0.2) is 8.75 Å². The van der Waals surface area contributed by atoms with Crippen molar-refractivity contribution in [1.82, 2.24) is 8.75 Å². The molecule has 0 saturated carbocycles. The summed E-state index contributed by atoms with van der Waals surface area (Å²) in [5.74, 6) is -0.259. The molecule has 0 N–H and O–H groups in total. The van der Waals surface area contributed by atoms with Gasteiger partial charge in [0, 0.05) is 0 Å². The average Bonchev–Trinajstić information content (AvgIpc) is 2.59. The Balaban J connectivity index is 3.02. The molecular formula is C6BrFI2N2S. The number of rotatable bonds is 0. The average molecular weight is 485 g/mol. The lowest BCUT2D eigenvalue weighted by Crippen LogP contribution is -1.90. The molecule has 2 nitrogen and oxygen atoms in total. The fraction of sp³-hybridized carbons (Fsp3) is 0. The number of hydrogen-bond donors (Lipinski definition) is 0. The van der Waals surface area contributed by atoms with Crippen molar-refractivity contribution in [2.75, 3.05) is 0 Å². The highest BCUT2D eigenvalue weighted by atomic mass is 127. The van der Waals surface area contributed by atoms with Crippen LogP contribution in [-0.2, 0) is 0 Å². The van der Waals surface area contributed by atoms with Gasteiger partial charge in [0.25, 0.3) is 0 Å². The van der Waals surface area contributed by atoms with E-state index in [2.05, 4.69) is 47.3 Å². The van der Waals surface area contributed by atoms with E-state index in [4.69, 9.17) is 0 Å². The van der Waals surface area contributed by atoms with Gasteiger partial charge in [-0.2, -0.15) is 8.75 Å². The van der Waals surface area contributed by atoms with Crippen molar-refractivity contribution < 1.29 is 4.39 Å². The second-order valence-corrected chi connectivity index (χ2v) is 5.70. The van der Waals surface area contributed by atoms with E-state index < -0.39 is 0 Å².